The van der Waals surface area contributed by atoms with Crippen molar-refractivity contribution in [3.63, 3.8) is 0 Å². The van der Waals surface area contributed by atoms with Crippen LogP contribution >= 0.6 is 23.2 Å². The monoisotopic (exact) mass is 188 g/mol. The molecule has 0 aromatic heterocycles. The fourth-order valence-corrected chi connectivity index (χ4v) is 1.26. The van der Waals surface area contributed by atoms with E-state index >= 15 is 0 Å². The van der Waals surface area contributed by atoms with Crippen LogP contribution in [0.5, 0.6) is 0 Å². The Morgan fingerprint density at radius 3 is 2.55 bits per heavy atom. The van der Waals surface area contributed by atoms with Gasteiger partial charge in [-0.1, -0.05) is 29.3 Å². The molecule has 3 heteroatoms. The normalized spacial score (nSPS) is 21.8. The number of hydrogen-bond acceptors (Lipinski definition) is 1. The van der Waals surface area contributed by atoms with Crippen LogP contribution in [0.4, 0.5) is 0 Å². The summed E-state index contributed by atoms with van der Waals surface area (Å²) in [6.07, 6.45) is 0.254. The Morgan fingerprint density at radius 2 is 2.00 bits per heavy atom. The van der Waals surface area contributed by atoms with E-state index in [9.17, 15) is 0 Å². The summed E-state index contributed by atoms with van der Waals surface area (Å²) in [4.78, 5) is 0. The Morgan fingerprint density at radius 1 is 1.27 bits per heavy atom. The summed E-state index contributed by atoms with van der Waals surface area (Å²) >= 11 is 11.5. The van der Waals surface area contributed by atoms with Crippen LogP contribution in [0.15, 0.2) is 18.2 Å². The smallest absolute Gasteiger partial charge is 0.106 e. The largest absolute Gasteiger partial charge is 0.368 e. The van der Waals surface area contributed by atoms with E-state index in [1.54, 1.807) is 6.07 Å². The second-order valence-electron chi connectivity index (χ2n) is 2.50. The summed E-state index contributed by atoms with van der Waals surface area (Å²) in [7, 11) is 0. The molecule has 1 nitrogen and oxygen atoms in total. The first-order valence-electron chi connectivity index (χ1n) is 3.34. The van der Waals surface area contributed by atoms with Gasteiger partial charge in [0.15, 0.2) is 0 Å². The van der Waals surface area contributed by atoms with Gasteiger partial charge >= 0.3 is 0 Å². The fourth-order valence-electron chi connectivity index (χ4n) is 0.953. The molecule has 2 rings (SSSR count). The molecule has 1 aliphatic heterocycles. The molecule has 11 heavy (non-hydrogen) atoms. The number of rotatable bonds is 1. The number of hydrogen-bond donors (Lipinski definition) is 0. The van der Waals surface area contributed by atoms with Crippen LogP contribution in [0.25, 0.3) is 0 Å². The van der Waals surface area contributed by atoms with Crippen molar-refractivity contribution < 1.29 is 4.74 Å². The molecule has 1 atom stereocenters. The van der Waals surface area contributed by atoms with Gasteiger partial charge in [-0.3, -0.25) is 0 Å². The SMILES string of the molecule is Clc1ccc([C@H]2CO2)cc1Cl. The van der Waals surface area contributed by atoms with Gasteiger partial charge in [-0.05, 0) is 17.7 Å². The highest BCUT2D eigenvalue weighted by atomic mass is 35.5. The van der Waals surface area contributed by atoms with Gasteiger partial charge in [-0.25, -0.2) is 0 Å². The van der Waals surface area contributed by atoms with Gasteiger partial charge in [-0.2, -0.15) is 0 Å². The quantitative estimate of drug-likeness (QED) is 0.618. The molecule has 0 radical (unpaired) electrons. The predicted octanol–water partition coefficient (Wildman–Crippen LogP) is 3.06. The van der Waals surface area contributed by atoms with Crippen LogP contribution in [0.2, 0.25) is 10.0 Å². The van der Waals surface area contributed by atoms with E-state index in [0.717, 1.165) is 12.2 Å². The van der Waals surface area contributed by atoms with Crippen LogP contribution in [-0.4, -0.2) is 6.61 Å². The molecule has 0 saturated carbocycles. The van der Waals surface area contributed by atoms with Crippen molar-refractivity contribution in [1.82, 2.24) is 0 Å². The van der Waals surface area contributed by atoms with Crippen LogP contribution in [0, 0.1) is 0 Å². The average Bonchev–Trinajstić information content (AvgIpc) is 2.77. The molecule has 1 aromatic carbocycles. The molecular weight excluding hydrogens is 183 g/mol. The predicted molar refractivity (Wildman–Crippen MR) is 45.2 cm³/mol. The average molecular weight is 189 g/mol. The van der Waals surface area contributed by atoms with Crippen molar-refractivity contribution in [3.05, 3.63) is 33.8 Å². The summed E-state index contributed by atoms with van der Waals surface area (Å²) in [5.74, 6) is 0. The standard InChI is InChI=1S/C8H6Cl2O/c9-6-2-1-5(3-7(6)10)8-4-11-8/h1-3,8H,4H2/t8-/m1/s1. The molecule has 0 N–H and O–H groups in total. The molecule has 1 fully saturated rings. The number of ether oxygens (including phenoxy) is 1. The minimum absolute atomic E-state index is 0.254. The first-order valence-corrected chi connectivity index (χ1v) is 4.09. The van der Waals surface area contributed by atoms with Gasteiger partial charge < -0.3 is 4.74 Å². The van der Waals surface area contributed by atoms with E-state index in [4.69, 9.17) is 27.9 Å². The van der Waals surface area contributed by atoms with Gasteiger partial charge in [0.25, 0.3) is 0 Å². The zero-order valence-corrected chi connectivity index (χ0v) is 7.19. The third kappa shape index (κ3) is 1.51. The number of benzene rings is 1. The van der Waals surface area contributed by atoms with Crippen molar-refractivity contribution in [2.45, 2.75) is 6.10 Å². The van der Waals surface area contributed by atoms with Gasteiger partial charge in [-0.15, -0.1) is 0 Å². The van der Waals surface area contributed by atoms with Gasteiger partial charge in [0, 0.05) is 0 Å². The molecule has 0 amide bonds. The van der Waals surface area contributed by atoms with Crippen LogP contribution in [-0.2, 0) is 4.74 Å². The molecule has 0 aliphatic carbocycles. The third-order valence-electron chi connectivity index (χ3n) is 1.65. The zero-order chi connectivity index (χ0) is 7.84. The van der Waals surface area contributed by atoms with E-state index < -0.39 is 0 Å². The first-order chi connectivity index (χ1) is 5.27. The lowest BCUT2D eigenvalue weighted by atomic mass is 10.2. The molecule has 58 valence electrons. The summed E-state index contributed by atoms with van der Waals surface area (Å²) in [5, 5.41) is 1.19. The second kappa shape index (κ2) is 2.67. The Balaban J connectivity index is 2.36. The van der Waals surface area contributed by atoms with Crippen molar-refractivity contribution in [2.24, 2.45) is 0 Å². The molecule has 0 bridgehead atoms. The lowest BCUT2D eigenvalue weighted by molar-refractivity contribution is 0.415. The maximum atomic E-state index is 5.80. The minimum Gasteiger partial charge on any atom is -0.368 e. The zero-order valence-electron chi connectivity index (χ0n) is 5.68. The summed E-state index contributed by atoms with van der Waals surface area (Å²) in [5.41, 5.74) is 1.11. The summed E-state index contributed by atoms with van der Waals surface area (Å²) in [6, 6.07) is 5.58. The Hall–Kier alpha value is -0.240. The number of halogens is 2. The molecule has 1 aromatic rings. The van der Waals surface area contributed by atoms with Gasteiger partial charge in [0.05, 0.1) is 16.7 Å². The van der Waals surface area contributed by atoms with E-state index in [1.807, 2.05) is 12.1 Å². The maximum Gasteiger partial charge on any atom is 0.106 e. The molecule has 1 heterocycles. The highest BCUT2D eigenvalue weighted by Crippen LogP contribution is 2.33. The Labute approximate surface area is 74.9 Å². The van der Waals surface area contributed by atoms with Crippen LogP contribution < -0.4 is 0 Å². The van der Waals surface area contributed by atoms with Gasteiger partial charge in [0.1, 0.15) is 6.10 Å². The Kier molecular flexibility index (Phi) is 1.80. The van der Waals surface area contributed by atoms with E-state index in [-0.39, 0.29) is 6.10 Å². The second-order valence-corrected chi connectivity index (χ2v) is 3.31. The molecule has 1 aliphatic rings. The molecule has 1 saturated heterocycles. The fraction of sp³-hybridized carbons (Fsp3) is 0.250. The molecule has 0 spiro atoms. The Bertz CT molecular complexity index is 281. The van der Waals surface area contributed by atoms with E-state index in [1.165, 1.54) is 0 Å². The van der Waals surface area contributed by atoms with Crippen molar-refractivity contribution in [2.75, 3.05) is 6.61 Å². The van der Waals surface area contributed by atoms with Crippen LogP contribution in [0.3, 0.4) is 0 Å². The summed E-state index contributed by atoms with van der Waals surface area (Å²) in [6.45, 7) is 0.804. The highest BCUT2D eigenvalue weighted by Gasteiger charge is 2.24. The highest BCUT2D eigenvalue weighted by molar-refractivity contribution is 6.42. The lowest BCUT2D eigenvalue weighted by Crippen LogP contribution is -1.79. The van der Waals surface area contributed by atoms with Crippen molar-refractivity contribution in [1.29, 1.82) is 0 Å². The van der Waals surface area contributed by atoms with Gasteiger partial charge in [0.2, 0.25) is 0 Å². The molecular formula is C8H6Cl2O. The third-order valence-corrected chi connectivity index (χ3v) is 2.39. The van der Waals surface area contributed by atoms with Crippen LogP contribution in [0.1, 0.15) is 11.7 Å². The molecule has 0 unspecified atom stereocenters. The number of epoxide rings is 1. The van der Waals surface area contributed by atoms with E-state index in [2.05, 4.69) is 0 Å². The maximum absolute atomic E-state index is 5.80. The minimum atomic E-state index is 0.254. The van der Waals surface area contributed by atoms with E-state index in [0.29, 0.717) is 10.0 Å². The van der Waals surface area contributed by atoms with Crippen molar-refractivity contribution >= 4 is 23.2 Å². The van der Waals surface area contributed by atoms with Crippen molar-refractivity contribution in [3.8, 4) is 0 Å². The topological polar surface area (TPSA) is 12.5 Å². The first kappa shape index (κ1) is 7.41. The summed E-state index contributed by atoms with van der Waals surface area (Å²) < 4.78 is 5.09. The lowest BCUT2D eigenvalue weighted by Gasteiger charge is -1.97.